The van der Waals surface area contributed by atoms with E-state index in [-0.39, 0.29) is 0 Å². The van der Waals surface area contributed by atoms with Crippen LogP contribution < -0.4 is 0 Å². The fourth-order valence-corrected chi connectivity index (χ4v) is 1.65. The van der Waals surface area contributed by atoms with E-state index in [1.807, 2.05) is 30.5 Å². The molecule has 0 spiro atoms. The van der Waals surface area contributed by atoms with Crippen LogP contribution in [0.25, 0.3) is 22.2 Å². The first-order valence-electron chi connectivity index (χ1n) is 5.05. The van der Waals surface area contributed by atoms with E-state index in [1.165, 1.54) is 0 Å². The van der Waals surface area contributed by atoms with E-state index >= 15 is 0 Å². The summed E-state index contributed by atoms with van der Waals surface area (Å²) >= 11 is 0. The summed E-state index contributed by atoms with van der Waals surface area (Å²) in [5, 5.41) is 2.30. The highest BCUT2D eigenvalue weighted by molar-refractivity contribution is 5.84. The molecule has 3 heteroatoms. The molecule has 0 unspecified atom stereocenters. The molecule has 16 heavy (non-hydrogen) atoms. The van der Waals surface area contributed by atoms with Crippen molar-refractivity contribution in [3.05, 3.63) is 55.1 Å². The lowest BCUT2D eigenvalue weighted by molar-refractivity contribution is 1.18. The van der Waals surface area contributed by atoms with Gasteiger partial charge in [0.25, 0.3) is 0 Å². The van der Waals surface area contributed by atoms with E-state index in [9.17, 15) is 0 Å². The minimum atomic E-state index is 0.799. The summed E-state index contributed by atoms with van der Waals surface area (Å²) in [5.41, 5.74) is 1.65. The summed E-state index contributed by atoms with van der Waals surface area (Å²) in [4.78, 5) is 12.6. The van der Waals surface area contributed by atoms with Crippen molar-refractivity contribution in [2.45, 2.75) is 0 Å². The van der Waals surface area contributed by atoms with Gasteiger partial charge in [-0.25, -0.2) is 0 Å². The SMILES string of the molecule is c1ccc2cc(-c3cnccn3)ncc2c1. The van der Waals surface area contributed by atoms with Gasteiger partial charge in [-0.05, 0) is 11.5 Å². The molecular weight excluding hydrogens is 198 g/mol. The maximum atomic E-state index is 4.37. The molecule has 0 radical (unpaired) electrons. The molecule has 2 heterocycles. The van der Waals surface area contributed by atoms with Crippen LogP contribution in [0.15, 0.2) is 55.1 Å². The first-order valence-corrected chi connectivity index (χ1v) is 5.05. The van der Waals surface area contributed by atoms with Crippen molar-refractivity contribution >= 4 is 10.8 Å². The van der Waals surface area contributed by atoms with Gasteiger partial charge in [0.15, 0.2) is 0 Å². The van der Waals surface area contributed by atoms with E-state index < -0.39 is 0 Å². The van der Waals surface area contributed by atoms with Crippen molar-refractivity contribution in [1.82, 2.24) is 15.0 Å². The molecular formula is C13H9N3. The molecule has 0 fully saturated rings. The molecule has 3 rings (SSSR count). The van der Waals surface area contributed by atoms with Crippen LogP contribution in [0.2, 0.25) is 0 Å². The van der Waals surface area contributed by atoms with Crippen molar-refractivity contribution < 1.29 is 0 Å². The standard InChI is InChI=1S/C13H9N3/c1-2-4-11-8-16-12(7-10(11)3-1)13-9-14-5-6-15-13/h1-9H. The van der Waals surface area contributed by atoms with Crippen molar-refractivity contribution in [3.63, 3.8) is 0 Å². The van der Waals surface area contributed by atoms with E-state index in [1.54, 1.807) is 18.6 Å². The maximum absolute atomic E-state index is 4.37. The van der Waals surface area contributed by atoms with E-state index in [0.717, 1.165) is 22.2 Å². The Bertz CT molecular complexity index is 620. The van der Waals surface area contributed by atoms with Crippen molar-refractivity contribution in [3.8, 4) is 11.4 Å². The second kappa shape index (κ2) is 3.70. The average Bonchev–Trinajstić information content (AvgIpc) is 2.39. The van der Waals surface area contributed by atoms with Gasteiger partial charge in [-0.3, -0.25) is 15.0 Å². The Kier molecular flexibility index (Phi) is 2.07. The number of rotatable bonds is 1. The van der Waals surface area contributed by atoms with Gasteiger partial charge in [-0.15, -0.1) is 0 Å². The first-order chi connectivity index (χ1) is 7.93. The third-order valence-electron chi connectivity index (χ3n) is 2.46. The quantitative estimate of drug-likeness (QED) is 0.615. The lowest BCUT2D eigenvalue weighted by Crippen LogP contribution is -1.87. The lowest BCUT2D eigenvalue weighted by atomic mass is 10.1. The van der Waals surface area contributed by atoms with Crippen LogP contribution in [0.4, 0.5) is 0 Å². The fraction of sp³-hybridized carbons (Fsp3) is 0. The van der Waals surface area contributed by atoms with Crippen LogP contribution in [-0.2, 0) is 0 Å². The van der Waals surface area contributed by atoms with Gasteiger partial charge in [-0.1, -0.05) is 24.3 Å². The smallest absolute Gasteiger partial charge is 0.107 e. The predicted molar refractivity (Wildman–Crippen MR) is 62.8 cm³/mol. The van der Waals surface area contributed by atoms with Crippen LogP contribution >= 0.6 is 0 Å². The van der Waals surface area contributed by atoms with Gasteiger partial charge in [0.1, 0.15) is 5.69 Å². The van der Waals surface area contributed by atoms with Crippen LogP contribution in [0.5, 0.6) is 0 Å². The Balaban J connectivity index is 2.19. The van der Waals surface area contributed by atoms with Crippen LogP contribution in [-0.4, -0.2) is 15.0 Å². The zero-order chi connectivity index (χ0) is 10.8. The highest BCUT2D eigenvalue weighted by Gasteiger charge is 2.01. The van der Waals surface area contributed by atoms with Crippen molar-refractivity contribution in [2.75, 3.05) is 0 Å². The van der Waals surface area contributed by atoms with Crippen molar-refractivity contribution in [2.24, 2.45) is 0 Å². The van der Waals surface area contributed by atoms with Crippen molar-refractivity contribution in [1.29, 1.82) is 0 Å². The summed E-state index contributed by atoms with van der Waals surface area (Å²) in [6.45, 7) is 0. The number of hydrogen-bond acceptors (Lipinski definition) is 3. The van der Waals surface area contributed by atoms with E-state index in [4.69, 9.17) is 0 Å². The summed E-state index contributed by atoms with van der Waals surface area (Å²) in [7, 11) is 0. The highest BCUT2D eigenvalue weighted by Crippen LogP contribution is 2.19. The average molecular weight is 207 g/mol. The molecule has 76 valence electrons. The minimum Gasteiger partial charge on any atom is -0.261 e. The monoisotopic (exact) mass is 207 g/mol. The van der Waals surface area contributed by atoms with Gasteiger partial charge < -0.3 is 0 Å². The molecule has 0 atom stereocenters. The topological polar surface area (TPSA) is 38.7 Å². The highest BCUT2D eigenvalue weighted by atomic mass is 14.8. The lowest BCUT2D eigenvalue weighted by Gasteiger charge is -2.01. The molecule has 0 bridgehead atoms. The summed E-state index contributed by atoms with van der Waals surface area (Å²) < 4.78 is 0. The maximum Gasteiger partial charge on any atom is 0.107 e. The molecule has 0 saturated carbocycles. The summed E-state index contributed by atoms with van der Waals surface area (Å²) in [6.07, 6.45) is 6.91. The predicted octanol–water partition coefficient (Wildman–Crippen LogP) is 2.69. The van der Waals surface area contributed by atoms with Gasteiger partial charge in [-0.2, -0.15) is 0 Å². The largest absolute Gasteiger partial charge is 0.261 e. The number of benzene rings is 1. The zero-order valence-electron chi connectivity index (χ0n) is 8.54. The molecule has 2 aromatic heterocycles. The number of hydrogen-bond donors (Lipinski definition) is 0. The number of pyridine rings is 1. The van der Waals surface area contributed by atoms with Gasteiger partial charge in [0.2, 0.25) is 0 Å². The molecule has 0 amide bonds. The van der Waals surface area contributed by atoms with Gasteiger partial charge >= 0.3 is 0 Å². The molecule has 0 N–H and O–H groups in total. The first kappa shape index (κ1) is 8.97. The molecule has 0 aliphatic carbocycles. The summed E-state index contributed by atoms with van der Waals surface area (Å²) in [5.74, 6) is 0. The second-order valence-corrected chi connectivity index (χ2v) is 3.51. The number of nitrogens with zero attached hydrogens (tertiary/aromatic N) is 3. The van der Waals surface area contributed by atoms with Gasteiger partial charge in [0.05, 0.1) is 11.9 Å². The molecule has 1 aromatic carbocycles. The Morgan fingerprint density at radius 1 is 0.750 bits per heavy atom. The Morgan fingerprint density at radius 3 is 2.44 bits per heavy atom. The molecule has 0 aliphatic rings. The second-order valence-electron chi connectivity index (χ2n) is 3.51. The van der Waals surface area contributed by atoms with Crippen LogP contribution in [0.3, 0.4) is 0 Å². The summed E-state index contributed by atoms with van der Waals surface area (Å²) in [6, 6.07) is 10.2. The molecule has 3 aromatic rings. The number of aromatic nitrogens is 3. The van der Waals surface area contributed by atoms with Crippen LogP contribution in [0, 0.1) is 0 Å². The molecule has 0 saturated heterocycles. The third-order valence-corrected chi connectivity index (χ3v) is 2.46. The van der Waals surface area contributed by atoms with Crippen LogP contribution in [0.1, 0.15) is 0 Å². The van der Waals surface area contributed by atoms with Gasteiger partial charge in [0, 0.05) is 24.0 Å². The minimum absolute atomic E-state index is 0.799. The van der Waals surface area contributed by atoms with E-state index in [0.29, 0.717) is 0 Å². The normalized spacial score (nSPS) is 10.5. The van der Waals surface area contributed by atoms with E-state index in [2.05, 4.69) is 21.0 Å². The number of fused-ring (bicyclic) bond motifs is 1. The molecule has 3 nitrogen and oxygen atoms in total. The zero-order valence-corrected chi connectivity index (χ0v) is 8.54. The molecule has 0 aliphatic heterocycles. The third kappa shape index (κ3) is 1.52. The fourth-order valence-electron chi connectivity index (χ4n) is 1.65. The Labute approximate surface area is 92.8 Å². The Morgan fingerprint density at radius 2 is 1.62 bits per heavy atom. The Hall–Kier alpha value is -2.29.